The van der Waals surface area contributed by atoms with Crippen LogP contribution in [0.3, 0.4) is 0 Å². The molecule has 21 heavy (non-hydrogen) atoms. The first-order chi connectivity index (χ1) is 10.1. The van der Waals surface area contributed by atoms with E-state index in [9.17, 15) is 5.11 Å². The summed E-state index contributed by atoms with van der Waals surface area (Å²) >= 11 is 3.47. The Kier molecular flexibility index (Phi) is 5.65. The summed E-state index contributed by atoms with van der Waals surface area (Å²) in [7, 11) is 3.27. The van der Waals surface area contributed by atoms with E-state index in [0.717, 1.165) is 28.0 Å². The highest BCUT2D eigenvalue weighted by molar-refractivity contribution is 9.10. The van der Waals surface area contributed by atoms with Gasteiger partial charge in [0.1, 0.15) is 11.5 Å². The third-order valence-electron chi connectivity index (χ3n) is 3.43. The first-order valence-corrected chi connectivity index (χ1v) is 7.57. The molecule has 0 aliphatic rings. The van der Waals surface area contributed by atoms with E-state index in [4.69, 9.17) is 9.47 Å². The number of hydrogen-bond acceptors (Lipinski definition) is 3. The molecular formula is C17H19BrO3. The smallest absolute Gasteiger partial charge is 0.119 e. The van der Waals surface area contributed by atoms with Gasteiger partial charge in [-0.05, 0) is 54.3 Å². The van der Waals surface area contributed by atoms with E-state index in [-0.39, 0.29) is 0 Å². The summed E-state index contributed by atoms with van der Waals surface area (Å²) in [4.78, 5) is 0. The maximum absolute atomic E-state index is 10.4. The zero-order valence-corrected chi connectivity index (χ0v) is 13.8. The van der Waals surface area contributed by atoms with E-state index in [1.54, 1.807) is 14.2 Å². The van der Waals surface area contributed by atoms with Crippen molar-refractivity contribution >= 4 is 15.9 Å². The van der Waals surface area contributed by atoms with Gasteiger partial charge in [0.15, 0.2) is 0 Å². The van der Waals surface area contributed by atoms with E-state index < -0.39 is 6.10 Å². The standard InChI is InChI=1S/C17H19BrO3/c1-20-13-6-3-12(4-7-13)5-10-17(19)15-11-14(21-2)8-9-16(15)18/h3-4,6-9,11,17,19H,5,10H2,1-2H3. The van der Waals surface area contributed by atoms with Crippen molar-refractivity contribution in [2.24, 2.45) is 0 Å². The average Bonchev–Trinajstić information content (AvgIpc) is 2.53. The molecule has 0 amide bonds. The molecule has 0 heterocycles. The zero-order valence-electron chi connectivity index (χ0n) is 12.2. The van der Waals surface area contributed by atoms with Gasteiger partial charge in [0.25, 0.3) is 0 Å². The van der Waals surface area contributed by atoms with Crippen LogP contribution in [0.4, 0.5) is 0 Å². The van der Waals surface area contributed by atoms with Crippen molar-refractivity contribution in [3.63, 3.8) is 0 Å². The minimum Gasteiger partial charge on any atom is -0.497 e. The zero-order chi connectivity index (χ0) is 15.2. The average molecular weight is 351 g/mol. The van der Waals surface area contributed by atoms with Gasteiger partial charge >= 0.3 is 0 Å². The number of rotatable bonds is 6. The van der Waals surface area contributed by atoms with Crippen LogP contribution in [0.15, 0.2) is 46.9 Å². The molecule has 0 aromatic heterocycles. The Hall–Kier alpha value is -1.52. The van der Waals surface area contributed by atoms with Crippen molar-refractivity contribution in [3.05, 3.63) is 58.1 Å². The maximum Gasteiger partial charge on any atom is 0.119 e. The molecule has 2 aromatic carbocycles. The summed E-state index contributed by atoms with van der Waals surface area (Å²) in [6, 6.07) is 13.5. The molecule has 0 saturated heterocycles. The van der Waals surface area contributed by atoms with Crippen LogP contribution in [0.2, 0.25) is 0 Å². The maximum atomic E-state index is 10.4. The number of aliphatic hydroxyl groups is 1. The Bertz CT molecular complexity index is 581. The van der Waals surface area contributed by atoms with Crippen molar-refractivity contribution in [1.29, 1.82) is 0 Å². The van der Waals surface area contributed by atoms with Crippen LogP contribution in [-0.2, 0) is 6.42 Å². The van der Waals surface area contributed by atoms with Crippen molar-refractivity contribution in [2.75, 3.05) is 14.2 Å². The van der Waals surface area contributed by atoms with E-state index in [0.29, 0.717) is 6.42 Å². The molecule has 0 aliphatic heterocycles. The molecule has 1 atom stereocenters. The number of halogens is 1. The first kappa shape index (κ1) is 15.9. The van der Waals surface area contributed by atoms with Gasteiger partial charge in [-0.15, -0.1) is 0 Å². The molecule has 0 saturated carbocycles. The fourth-order valence-electron chi connectivity index (χ4n) is 2.16. The van der Waals surface area contributed by atoms with Gasteiger partial charge in [0.2, 0.25) is 0 Å². The van der Waals surface area contributed by atoms with Gasteiger partial charge in [-0.3, -0.25) is 0 Å². The van der Waals surface area contributed by atoms with Crippen LogP contribution < -0.4 is 9.47 Å². The second kappa shape index (κ2) is 7.48. The molecule has 1 unspecified atom stereocenters. The lowest BCUT2D eigenvalue weighted by molar-refractivity contribution is 0.166. The Morgan fingerprint density at radius 3 is 2.24 bits per heavy atom. The Morgan fingerprint density at radius 2 is 1.62 bits per heavy atom. The van der Waals surface area contributed by atoms with Crippen molar-refractivity contribution in [2.45, 2.75) is 18.9 Å². The number of aryl methyl sites for hydroxylation is 1. The van der Waals surface area contributed by atoms with E-state index in [1.165, 1.54) is 5.56 Å². The SMILES string of the molecule is COc1ccc(CCC(O)c2cc(OC)ccc2Br)cc1. The topological polar surface area (TPSA) is 38.7 Å². The fraction of sp³-hybridized carbons (Fsp3) is 0.294. The molecule has 4 heteroatoms. The molecule has 2 rings (SSSR count). The predicted molar refractivity (Wildman–Crippen MR) is 87.0 cm³/mol. The van der Waals surface area contributed by atoms with Gasteiger partial charge in [0.05, 0.1) is 20.3 Å². The largest absolute Gasteiger partial charge is 0.497 e. The molecular weight excluding hydrogens is 332 g/mol. The minimum atomic E-state index is -0.531. The third-order valence-corrected chi connectivity index (χ3v) is 4.15. The highest BCUT2D eigenvalue weighted by atomic mass is 79.9. The Morgan fingerprint density at radius 1 is 1.00 bits per heavy atom. The van der Waals surface area contributed by atoms with E-state index in [1.807, 2.05) is 42.5 Å². The normalized spacial score (nSPS) is 12.0. The lowest BCUT2D eigenvalue weighted by Crippen LogP contribution is -2.01. The first-order valence-electron chi connectivity index (χ1n) is 6.78. The number of methoxy groups -OCH3 is 2. The molecule has 0 bridgehead atoms. The van der Waals surface area contributed by atoms with Crippen LogP contribution in [0.25, 0.3) is 0 Å². The molecule has 3 nitrogen and oxygen atoms in total. The molecule has 0 aliphatic carbocycles. The van der Waals surface area contributed by atoms with Crippen LogP contribution in [-0.4, -0.2) is 19.3 Å². The second-order valence-electron chi connectivity index (χ2n) is 4.79. The Balaban J connectivity index is 2.02. The summed E-state index contributed by atoms with van der Waals surface area (Å²) < 4.78 is 11.2. The van der Waals surface area contributed by atoms with E-state index in [2.05, 4.69) is 15.9 Å². The fourth-order valence-corrected chi connectivity index (χ4v) is 2.67. The lowest BCUT2D eigenvalue weighted by atomic mass is 10.0. The van der Waals surface area contributed by atoms with Crippen LogP contribution >= 0.6 is 15.9 Å². The summed E-state index contributed by atoms with van der Waals surface area (Å²) in [6.07, 6.45) is 0.920. The summed E-state index contributed by atoms with van der Waals surface area (Å²) in [5.74, 6) is 1.59. The van der Waals surface area contributed by atoms with Crippen LogP contribution in [0.1, 0.15) is 23.7 Å². The van der Waals surface area contributed by atoms with Gasteiger partial charge in [-0.25, -0.2) is 0 Å². The van der Waals surface area contributed by atoms with Gasteiger partial charge in [-0.2, -0.15) is 0 Å². The minimum absolute atomic E-state index is 0.531. The third kappa shape index (κ3) is 4.22. The molecule has 0 spiro atoms. The summed E-state index contributed by atoms with van der Waals surface area (Å²) in [5, 5.41) is 10.4. The number of hydrogen-bond donors (Lipinski definition) is 1. The monoisotopic (exact) mass is 350 g/mol. The lowest BCUT2D eigenvalue weighted by Gasteiger charge is -2.14. The quantitative estimate of drug-likeness (QED) is 0.850. The number of benzene rings is 2. The van der Waals surface area contributed by atoms with Gasteiger partial charge in [0, 0.05) is 4.47 Å². The summed E-state index contributed by atoms with van der Waals surface area (Å²) in [5.41, 5.74) is 2.02. The molecule has 112 valence electrons. The van der Waals surface area contributed by atoms with Gasteiger partial charge < -0.3 is 14.6 Å². The second-order valence-corrected chi connectivity index (χ2v) is 5.64. The highest BCUT2D eigenvalue weighted by Crippen LogP contribution is 2.30. The number of aliphatic hydroxyl groups excluding tert-OH is 1. The molecule has 1 N–H and O–H groups in total. The molecule has 0 radical (unpaired) electrons. The van der Waals surface area contributed by atoms with Gasteiger partial charge in [-0.1, -0.05) is 28.1 Å². The summed E-state index contributed by atoms with van der Waals surface area (Å²) in [6.45, 7) is 0. The predicted octanol–water partition coefficient (Wildman–Crippen LogP) is 4.13. The Labute approximate surface area is 133 Å². The number of ether oxygens (including phenoxy) is 2. The van der Waals surface area contributed by atoms with Crippen molar-refractivity contribution < 1.29 is 14.6 Å². The van der Waals surface area contributed by atoms with Crippen LogP contribution in [0.5, 0.6) is 11.5 Å². The molecule has 0 fully saturated rings. The van der Waals surface area contributed by atoms with Crippen molar-refractivity contribution in [3.8, 4) is 11.5 Å². The van der Waals surface area contributed by atoms with E-state index >= 15 is 0 Å². The van der Waals surface area contributed by atoms with Crippen molar-refractivity contribution in [1.82, 2.24) is 0 Å². The molecule has 2 aromatic rings. The van der Waals surface area contributed by atoms with Crippen LogP contribution in [0, 0.1) is 0 Å². The highest BCUT2D eigenvalue weighted by Gasteiger charge is 2.12.